The Labute approximate surface area is 155 Å². The van der Waals surface area contributed by atoms with E-state index in [0.29, 0.717) is 41.2 Å². The van der Waals surface area contributed by atoms with E-state index in [1.165, 1.54) is 22.7 Å². The van der Waals surface area contributed by atoms with Crippen LogP contribution in [0.25, 0.3) is 11.4 Å². The highest BCUT2D eigenvalue weighted by Crippen LogP contribution is 2.30. The molecule has 1 saturated heterocycles. The first-order valence-corrected chi connectivity index (χ1v) is 9.85. The molecule has 1 fully saturated rings. The van der Waals surface area contributed by atoms with E-state index < -0.39 is 6.09 Å². The summed E-state index contributed by atoms with van der Waals surface area (Å²) in [5.74, 6) is 1.15. The van der Waals surface area contributed by atoms with Gasteiger partial charge in [-0.15, -0.1) is 11.8 Å². The van der Waals surface area contributed by atoms with Crippen LogP contribution < -0.4 is 0 Å². The summed E-state index contributed by atoms with van der Waals surface area (Å²) in [4.78, 5) is 17.4. The van der Waals surface area contributed by atoms with Gasteiger partial charge in [0.2, 0.25) is 11.7 Å². The van der Waals surface area contributed by atoms with Gasteiger partial charge in [0.1, 0.15) is 5.82 Å². The third-order valence-electron chi connectivity index (χ3n) is 4.85. The molecule has 140 valence electrons. The second kappa shape index (κ2) is 8.07. The number of carboxylic acid groups (broad SMARTS) is 1. The number of rotatable bonds is 5. The highest BCUT2D eigenvalue weighted by Gasteiger charge is 2.26. The topological polar surface area (TPSA) is 79.5 Å². The third-order valence-corrected chi connectivity index (χ3v) is 5.62. The number of halogens is 1. The van der Waals surface area contributed by atoms with Crippen LogP contribution >= 0.6 is 11.8 Å². The predicted molar refractivity (Wildman–Crippen MR) is 96.8 cm³/mol. The minimum Gasteiger partial charge on any atom is -0.465 e. The number of aromatic nitrogens is 2. The normalized spacial score (nSPS) is 16.7. The minimum atomic E-state index is -0.849. The molecule has 1 aromatic heterocycles. The van der Waals surface area contributed by atoms with Crippen LogP contribution in [0, 0.1) is 11.7 Å². The van der Waals surface area contributed by atoms with Crippen molar-refractivity contribution < 1.29 is 18.8 Å². The van der Waals surface area contributed by atoms with E-state index in [4.69, 9.17) is 9.63 Å². The highest BCUT2D eigenvalue weighted by atomic mass is 32.2. The van der Waals surface area contributed by atoms with Crippen LogP contribution in [0.3, 0.4) is 0 Å². The Bertz CT molecular complexity index is 775. The third kappa shape index (κ3) is 4.17. The monoisotopic (exact) mass is 379 g/mol. The van der Waals surface area contributed by atoms with Crippen molar-refractivity contribution in [3.63, 3.8) is 0 Å². The van der Waals surface area contributed by atoms with Gasteiger partial charge in [-0.25, -0.2) is 9.18 Å². The zero-order valence-corrected chi connectivity index (χ0v) is 15.6. The number of likely N-dealkylation sites (tertiary alicyclic amines) is 1. The maximum atomic E-state index is 13.9. The zero-order chi connectivity index (χ0) is 18.7. The fraction of sp³-hybridized carbons (Fsp3) is 0.500. The van der Waals surface area contributed by atoms with Crippen LogP contribution in [-0.2, 0) is 0 Å². The lowest BCUT2D eigenvalue weighted by Crippen LogP contribution is -2.37. The molecule has 0 bridgehead atoms. The van der Waals surface area contributed by atoms with Crippen molar-refractivity contribution >= 4 is 17.9 Å². The molecule has 1 amide bonds. The van der Waals surface area contributed by atoms with Gasteiger partial charge in [-0.1, -0.05) is 12.1 Å². The maximum absolute atomic E-state index is 13.9. The first kappa shape index (κ1) is 18.7. The van der Waals surface area contributed by atoms with Crippen LogP contribution in [0.15, 0.2) is 27.6 Å². The molecule has 1 atom stereocenters. The quantitative estimate of drug-likeness (QED) is 0.772. The SMILES string of the molecule is CSc1ccc(-c2noc(C(C)CC3CCN(C(=O)O)CC3)n2)cc1F. The summed E-state index contributed by atoms with van der Waals surface area (Å²) in [5.41, 5.74) is 0.595. The van der Waals surface area contributed by atoms with E-state index >= 15 is 0 Å². The number of thioether (sulfide) groups is 1. The van der Waals surface area contributed by atoms with Crippen LogP contribution in [0.1, 0.15) is 38.0 Å². The molecule has 1 aliphatic rings. The number of hydrogen-bond donors (Lipinski definition) is 1. The molecule has 1 N–H and O–H groups in total. The Balaban J connectivity index is 1.62. The molecule has 26 heavy (non-hydrogen) atoms. The van der Waals surface area contributed by atoms with E-state index in [-0.39, 0.29) is 11.7 Å². The maximum Gasteiger partial charge on any atom is 0.407 e. The lowest BCUT2D eigenvalue weighted by Gasteiger charge is -2.30. The van der Waals surface area contributed by atoms with E-state index in [2.05, 4.69) is 10.1 Å². The molecule has 0 aliphatic carbocycles. The fourth-order valence-electron chi connectivity index (χ4n) is 3.32. The predicted octanol–water partition coefficient (Wildman–Crippen LogP) is 4.48. The van der Waals surface area contributed by atoms with Crippen molar-refractivity contribution in [1.29, 1.82) is 0 Å². The minimum absolute atomic E-state index is 0.0768. The van der Waals surface area contributed by atoms with Gasteiger partial charge in [-0.05, 0) is 49.6 Å². The molecule has 0 spiro atoms. The Hall–Kier alpha value is -2.09. The molecular weight excluding hydrogens is 357 g/mol. The molecule has 6 nitrogen and oxygen atoms in total. The van der Waals surface area contributed by atoms with Crippen molar-refractivity contribution in [2.45, 2.75) is 37.0 Å². The smallest absolute Gasteiger partial charge is 0.407 e. The van der Waals surface area contributed by atoms with Crippen LogP contribution in [0.4, 0.5) is 9.18 Å². The Morgan fingerprint density at radius 3 is 2.81 bits per heavy atom. The van der Waals surface area contributed by atoms with Crippen molar-refractivity contribution in [2.75, 3.05) is 19.3 Å². The van der Waals surface area contributed by atoms with E-state index in [1.54, 1.807) is 12.1 Å². The van der Waals surface area contributed by atoms with Crippen molar-refractivity contribution in [2.24, 2.45) is 5.92 Å². The summed E-state index contributed by atoms with van der Waals surface area (Å²) in [6.07, 6.45) is 3.54. The Kier molecular flexibility index (Phi) is 5.80. The molecule has 8 heteroatoms. The van der Waals surface area contributed by atoms with Crippen molar-refractivity contribution in [3.05, 3.63) is 29.9 Å². The largest absolute Gasteiger partial charge is 0.465 e. The van der Waals surface area contributed by atoms with Gasteiger partial charge in [-0.3, -0.25) is 0 Å². The van der Waals surface area contributed by atoms with Gasteiger partial charge in [-0.2, -0.15) is 4.98 Å². The van der Waals surface area contributed by atoms with Crippen LogP contribution in [0.2, 0.25) is 0 Å². The number of hydrogen-bond acceptors (Lipinski definition) is 5. The summed E-state index contributed by atoms with van der Waals surface area (Å²) in [6.45, 7) is 3.17. The van der Waals surface area contributed by atoms with Gasteiger partial charge in [0.25, 0.3) is 0 Å². The molecule has 2 heterocycles. The molecule has 1 aliphatic heterocycles. The number of benzene rings is 1. The van der Waals surface area contributed by atoms with Crippen molar-refractivity contribution in [3.8, 4) is 11.4 Å². The molecule has 1 unspecified atom stereocenters. The highest BCUT2D eigenvalue weighted by molar-refractivity contribution is 7.98. The summed E-state index contributed by atoms with van der Waals surface area (Å²) in [5, 5.41) is 13.0. The van der Waals surface area contributed by atoms with Gasteiger partial charge in [0.05, 0.1) is 0 Å². The molecule has 0 saturated carbocycles. The van der Waals surface area contributed by atoms with E-state index in [0.717, 1.165) is 19.3 Å². The van der Waals surface area contributed by atoms with Gasteiger partial charge in [0, 0.05) is 29.5 Å². The first-order valence-electron chi connectivity index (χ1n) is 8.63. The lowest BCUT2D eigenvalue weighted by atomic mass is 9.88. The van der Waals surface area contributed by atoms with E-state index in [1.807, 2.05) is 13.2 Å². The summed E-state index contributed by atoms with van der Waals surface area (Å²) >= 11 is 1.35. The summed E-state index contributed by atoms with van der Waals surface area (Å²) in [7, 11) is 0. The van der Waals surface area contributed by atoms with Crippen LogP contribution in [0.5, 0.6) is 0 Å². The molecule has 2 aromatic rings. The Morgan fingerprint density at radius 1 is 1.46 bits per heavy atom. The first-order chi connectivity index (χ1) is 12.5. The van der Waals surface area contributed by atoms with Gasteiger partial charge in [0.15, 0.2) is 0 Å². The molecular formula is C18H22FN3O3S. The second-order valence-electron chi connectivity index (χ2n) is 6.66. The number of nitrogens with zero attached hydrogens (tertiary/aromatic N) is 3. The lowest BCUT2D eigenvalue weighted by molar-refractivity contribution is 0.121. The second-order valence-corrected chi connectivity index (χ2v) is 7.50. The van der Waals surface area contributed by atoms with Crippen LogP contribution in [-0.4, -0.2) is 45.6 Å². The molecule has 0 radical (unpaired) electrons. The number of piperidine rings is 1. The average molecular weight is 379 g/mol. The number of carbonyl (C=O) groups is 1. The number of amides is 1. The summed E-state index contributed by atoms with van der Waals surface area (Å²) in [6, 6.07) is 4.92. The average Bonchev–Trinajstić information content (AvgIpc) is 3.12. The molecule has 3 rings (SSSR count). The standard InChI is InChI=1S/C18H22FN3O3S/c1-11(9-12-5-7-22(8-6-12)18(23)24)17-20-16(21-25-17)13-3-4-15(26-2)14(19)10-13/h3-4,10-12H,5-9H2,1-2H3,(H,23,24). The van der Waals surface area contributed by atoms with E-state index in [9.17, 15) is 9.18 Å². The van der Waals surface area contributed by atoms with Gasteiger partial charge >= 0.3 is 6.09 Å². The zero-order valence-electron chi connectivity index (χ0n) is 14.8. The summed E-state index contributed by atoms with van der Waals surface area (Å²) < 4.78 is 19.3. The Morgan fingerprint density at radius 2 is 2.19 bits per heavy atom. The van der Waals surface area contributed by atoms with Gasteiger partial charge < -0.3 is 14.5 Å². The van der Waals surface area contributed by atoms with Crippen molar-refractivity contribution in [1.82, 2.24) is 15.0 Å². The molecule has 1 aromatic carbocycles. The fourth-order valence-corrected chi connectivity index (χ4v) is 3.78.